The first kappa shape index (κ1) is 13.6. The maximum atomic E-state index is 11.4. The number of hydrogen-bond donors (Lipinski definition) is 2. The summed E-state index contributed by atoms with van der Waals surface area (Å²) in [5.74, 6) is 0. The van der Waals surface area contributed by atoms with Gasteiger partial charge >= 0.3 is 6.18 Å². The zero-order chi connectivity index (χ0) is 8.20. The summed E-state index contributed by atoms with van der Waals surface area (Å²) >= 11 is 0. The van der Waals surface area contributed by atoms with E-state index in [9.17, 15) is 13.2 Å². The molecule has 1 unspecified atom stereocenters. The standard InChI is InChI=1S/C5H11F3N2.ClH/c1-4(9)2-10-3-5(6,7)8;/h4,10H,2-3,9H2,1H3;1H. The lowest BCUT2D eigenvalue weighted by Crippen LogP contribution is -2.36. The first-order valence-electron chi connectivity index (χ1n) is 2.95. The largest absolute Gasteiger partial charge is 0.401 e. The highest BCUT2D eigenvalue weighted by molar-refractivity contribution is 5.85. The van der Waals surface area contributed by atoms with Crippen LogP contribution in [-0.2, 0) is 0 Å². The predicted octanol–water partition coefficient (Wildman–Crippen LogP) is 0.907. The molecule has 11 heavy (non-hydrogen) atoms. The molecule has 0 bridgehead atoms. The molecule has 0 radical (unpaired) electrons. The smallest absolute Gasteiger partial charge is 0.327 e. The average Bonchev–Trinajstić information content (AvgIpc) is 1.59. The number of rotatable bonds is 3. The van der Waals surface area contributed by atoms with Crippen molar-refractivity contribution in [1.29, 1.82) is 0 Å². The first-order chi connectivity index (χ1) is 4.42. The fourth-order valence-electron chi connectivity index (χ4n) is 0.442. The van der Waals surface area contributed by atoms with Crippen molar-refractivity contribution >= 4 is 12.4 Å². The van der Waals surface area contributed by atoms with Crippen LogP contribution in [0.15, 0.2) is 0 Å². The van der Waals surface area contributed by atoms with E-state index in [4.69, 9.17) is 5.73 Å². The van der Waals surface area contributed by atoms with E-state index in [2.05, 4.69) is 5.32 Å². The molecule has 2 nitrogen and oxygen atoms in total. The Morgan fingerprint density at radius 3 is 2.18 bits per heavy atom. The minimum Gasteiger partial charge on any atom is -0.327 e. The Bertz CT molecular complexity index is 94.2. The summed E-state index contributed by atoms with van der Waals surface area (Å²) in [7, 11) is 0. The summed E-state index contributed by atoms with van der Waals surface area (Å²) in [6.45, 7) is 0.872. The van der Waals surface area contributed by atoms with Gasteiger partial charge < -0.3 is 11.1 Å². The molecule has 0 amide bonds. The Labute approximate surface area is 69.7 Å². The van der Waals surface area contributed by atoms with Gasteiger partial charge in [-0.15, -0.1) is 12.4 Å². The molecule has 0 aromatic carbocycles. The second-order valence-electron chi connectivity index (χ2n) is 2.22. The molecule has 0 rings (SSSR count). The Morgan fingerprint density at radius 2 is 1.91 bits per heavy atom. The van der Waals surface area contributed by atoms with Gasteiger partial charge in [-0.1, -0.05) is 0 Å². The van der Waals surface area contributed by atoms with Gasteiger partial charge in [-0.25, -0.2) is 0 Å². The van der Waals surface area contributed by atoms with Crippen LogP contribution in [0, 0.1) is 0 Å². The molecule has 3 N–H and O–H groups in total. The van der Waals surface area contributed by atoms with Crippen LogP contribution in [0.2, 0.25) is 0 Å². The highest BCUT2D eigenvalue weighted by Gasteiger charge is 2.25. The van der Waals surface area contributed by atoms with Gasteiger partial charge in [0, 0.05) is 12.6 Å². The lowest BCUT2D eigenvalue weighted by molar-refractivity contribution is -0.124. The maximum Gasteiger partial charge on any atom is 0.401 e. The third-order valence-electron chi connectivity index (χ3n) is 0.792. The number of nitrogens with two attached hydrogens (primary N) is 1. The second kappa shape index (κ2) is 5.62. The van der Waals surface area contributed by atoms with Gasteiger partial charge in [0.2, 0.25) is 0 Å². The number of halogens is 4. The SMILES string of the molecule is CC(N)CNCC(F)(F)F.Cl. The van der Waals surface area contributed by atoms with E-state index in [0.29, 0.717) is 0 Å². The third kappa shape index (κ3) is 13.1. The molecule has 0 aliphatic carbocycles. The Balaban J connectivity index is 0. The van der Waals surface area contributed by atoms with Crippen LogP contribution in [-0.4, -0.2) is 25.3 Å². The summed E-state index contributed by atoms with van der Waals surface area (Å²) in [5.41, 5.74) is 5.19. The molecule has 1 atom stereocenters. The minimum absolute atomic E-state index is 0. The van der Waals surface area contributed by atoms with Crippen molar-refractivity contribution < 1.29 is 13.2 Å². The quantitative estimate of drug-likeness (QED) is 0.698. The molecule has 0 fully saturated rings. The van der Waals surface area contributed by atoms with E-state index < -0.39 is 12.7 Å². The molecule has 0 aliphatic heterocycles. The van der Waals surface area contributed by atoms with Gasteiger partial charge in [-0.2, -0.15) is 13.2 Å². The van der Waals surface area contributed by atoms with Crippen molar-refractivity contribution in [1.82, 2.24) is 5.32 Å². The van der Waals surface area contributed by atoms with Crippen molar-refractivity contribution in [3.8, 4) is 0 Å². The molecule has 70 valence electrons. The molecule has 0 heterocycles. The van der Waals surface area contributed by atoms with Crippen molar-refractivity contribution in [2.75, 3.05) is 13.1 Å². The monoisotopic (exact) mass is 192 g/mol. The molecular formula is C5H12ClF3N2. The fraction of sp³-hybridized carbons (Fsp3) is 1.00. The van der Waals surface area contributed by atoms with Crippen LogP contribution in [0.25, 0.3) is 0 Å². The van der Waals surface area contributed by atoms with Gasteiger partial charge in [0.05, 0.1) is 6.54 Å². The number of hydrogen-bond acceptors (Lipinski definition) is 2. The fourth-order valence-corrected chi connectivity index (χ4v) is 0.442. The first-order valence-corrected chi connectivity index (χ1v) is 2.95. The Hall–Kier alpha value is -0.0000000000000000555. The Kier molecular flexibility index (Phi) is 6.94. The van der Waals surface area contributed by atoms with Gasteiger partial charge in [0.25, 0.3) is 0 Å². The molecule has 0 saturated carbocycles. The maximum absolute atomic E-state index is 11.4. The van der Waals surface area contributed by atoms with Crippen LogP contribution in [0.4, 0.5) is 13.2 Å². The summed E-state index contributed by atoms with van der Waals surface area (Å²) in [6.07, 6.45) is -4.13. The highest BCUT2D eigenvalue weighted by atomic mass is 35.5. The van der Waals surface area contributed by atoms with Crippen LogP contribution in [0.3, 0.4) is 0 Å². The lowest BCUT2D eigenvalue weighted by Gasteiger charge is -2.09. The lowest BCUT2D eigenvalue weighted by atomic mass is 10.3. The average molecular weight is 193 g/mol. The number of nitrogens with one attached hydrogen (secondary N) is 1. The molecular weight excluding hydrogens is 181 g/mol. The van der Waals surface area contributed by atoms with E-state index in [1.807, 2.05) is 0 Å². The molecule has 6 heteroatoms. The van der Waals surface area contributed by atoms with Crippen LogP contribution < -0.4 is 11.1 Å². The van der Waals surface area contributed by atoms with E-state index in [1.165, 1.54) is 0 Å². The normalized spacial score (nSPS) is 13.9. The number of alkyl halides is 3. The summed E-state index contributed by atoms with van der Waals surface area (Å²) in [4.78, 5) is 0. The topological polar surface area (TPSA) is 38.0 Å². The van der Waals surface area contributed by atoms with E-state index in [0.717, 1.165) is 0 Å². The Morgan fingerprint density at radius 1 is 1.45 bits per heavy atom. The summed E-state index contributed by atoms with van der Waals surface area (Å²) in [6, 6.07) is -0.234. The van der Waals surface area contributed by atoms with Crippen LogP contribution >= 0.6 is 12.4 Å². The van der Waals surface area contributed by atoms with Crippen molar-refractivity contribution in [3.63, 3.8) is 0 Å². The zero-order valence-corrected chi connectivity index (χ0v) is 6.93. The van der Waals surface area contributed by atoms with Crippen molar-refractivity contribution in [2.24, 2.45) is 5.73 Å². The van der Waals surface area contributed by atoms with Crippen LogP contribution in [0.1, 0.15) is 6.92 Å². The summed E-state index contributed by atoms with van der Waals surface area (Å²) < 4.78 is 34.2. The van der Waals surface area contributed by atoms with Crippen molar-refractivity contribution in [3.05, 3.63) is 0 Å². The van der Waals surface area contributed by atoms with Gasteiger partial charge in [-0.3, -0.25) is 0 Å². The van der Waals surface area contributed by atoms with E-state index >= 15 is 0 Å². The molecule has 0 saturated heterocycles. The van der Waals surface area contributed by atoms with E-state index in [1.54, 1.807) is 6.92 Å². The molecule has 0 aliphatic rings. The molecule has 0 spiro atoms. The van der Waals surface area contributed by atoms with Gasteiger partial charge in [0.15, 0.2) is 0 Å². The van der Waals surface area contributed by atoms with Gasteiger partial charge in [0.1, 0.15) is 0 Å². The molecule has 0 aromatic heterocycles. The molecule has 0 aromatic rings. The van der Waals surface area contributed by atoms with Gasteiger partial charge in [-0.05, 0) is 6.92 Å². The van der Waals surface area contributed by atoms with Crippen molar-refractivity contribution in [2.45, 2.75) is 19.1 Å². The second-order valence-corrected chi connectivity index (χ2v) is 2.22. The third-order valence-corrected chi connectivity index (χ3v) is 0.792. The highest BCUT2D eigenvalue weighted by Crippen LogP contribution is 2.11. The zero-order valence-electron chi connectivity index (χ0n) is 6.11. The predicted molar refractivity (Wildman–Crippen MR) is 39.8 cm³/mol. The van der Waals surface area contributed by atoms with E-state index in [-0.39, 0.29) is 25.0 Å². The minimum atomic E-state index is -4.13. The summed E-state index contributed by atoms with van der Waals surface area (Å²) in [5, 5.41) is 2.17. The van der Waals surface area contributed by atoms with Crippen LogP contribution in [0.5, 0.6) is 0 Å².